The Hall–Kier alpha value is -1.96. The maximum atomic E-state index is 11.9. The van der Waals surface area contributed by atoms with Crippen LogP contribution in [0.3, 0.4) is 0 Å². The van der Waals surface area contributed by atoms with Gasteiger partial charge in [0.1, 0.15) is 18.3 Å². The Balaban J connectivity index is 2.97. The molecule has 0 saturated heterocycles. The molecule has 0 aromatic carbocycles. The van der Waals surface area contributed by atoms with E-state index in [4.69, 9.17) is 5.73 Å². The van der Waals surface area contributed by atoms with Gasteiger partial charge in [-0.05, 0) is 38.7 Å². The molecule has 0 atom stereocenters. The lowest BCUT2D eigenvalue weighted by molar-refractivity contribution is -0.122. The first kappa shape index (κ1) is 16.1. The van der Waals surface area contributed by atoms with E-state index in [1.165, 1.54) is 0 Å². The fourth-order valence-corrected chi connectivity index (χ4v) is 2.10. The Morgan fingerprint density at radius 1 is 1.45 bits per heavy atom. The molecule has 5 nitrogen and oxygen atoms in total. The lowest BCUT2D eigenvalue weighted by atomic mass is 10.1. The van der Waals surface area contributed by atoms with Gasteiger partial charge in [-0.2, -0.15) is 5.26 Å². The molecule has 0 aliphatic rings. The fraction of sp³-hybridized carbons (Fsp3) is 0.600. The molecule has 0 aliphatic carbocycles. The van der Waals surface area contributed by atoms with E-state index in [0.717, 1.165) is 18.5 Å². The predicted molar refractivity (Wildman–Crippen MR) is 80.0 cm³/mol. The van der Waals surface area contributed by atoms with Crippen LogP contribution >= 0.6 is 0 Å². The van der Waals surface area contributed by atoms with Crippen LogP contribution in [0, 0.1) is 17.2 Å². The Morgan fingerprint density at radius 3 is 2.60 bits per heavy atom. The molecule has 0 spiro atoms. The number of hydrogen-bond donors (Lipinski definition) is 2. The Kier molecular flexibility index (Phi) is 5.63. The number of nitrogens with zero attached hydrogens (tertiary/aromatic N) is 2. The zero-order chi connectivity index (χ0) is 15.3. The average Bonchev–Trinajstić information content (AvgIpc) is 2.61. The van der Waals surface area contributed by atoms with E-state index in [1.54, 1.807) is 10.6 Å². The van der Waals surface area contributed by atoms with Crippen molar-refractivity contribution >= 4 is 11.6 Å². The van der Waals surface area contributed by atoms with Crippen molar-refractivity contribution < 1.29 is 4.79 Å². The molecule has 3 N–H and O–H groups in total. The summed E-state index contributed by atoms with van der Waals surface area (Å²) in [7, 11) is 0. The molecule has 0 radical (unpaired) electrons. The van der Waals surface area contributed by atoms with Crippen LogP contribution in [0.1, 0.15) is 45.5 Å². The second kappa shape index (κ2) is 6.99. The molecule has 0 saturated carbocycles. The molecule has 0 fully saturated rings. The van der Waals surface area contributed by atoms with Crippen molar-refractivity contribution in [1.82, 2.24) is 9.88 Å². The number of nitrogens with two attached hydrogens (primary N) is 1. The van der Waals surface area contributed by atoms with Gasteiger partial charge in [0.25, 0.3) is 0 Å². The van der Waals surface area contributed by atoms with Crippen LogP contribution in [0.4, 0.5) is 5.69 Å². The summed E-state index contributed by atoms with van der Waals surface area (Å²) >= 11 is 0. The number of nitrogen functional groups attached to an aromatic ring is 1. The average molecular weight is 276 g/mol. The van der Waals surface area contributed by atoms with Crippen LogP contribution in [0.2, 0.25) is 0 Å². The van der Waals surface area contributed by atoms with Crippen molar-refractivity contribution in [2.45, 2.75) is 53.1 Å². The summed E-state index contributed by atoms with van der Waals surface area (Å²) in [5.74, 6) is 0.450. The minimum atomic E-state index is -0.0992. The summed E-state index contributed by atoms with van der Waals surface area (Å²) in [4.78, 5) is 11.9. The molecule has 5 heteroatoms. The monoisotopic (exact) mass is 276 g/mol. The number of rotatable bonds is 6. The van der Waals surface area contributed by atoms with Crippen molar-refractivity contribution in [2.24, 2.45) is 5.92 Å². The number of anilines is 1. The van der Waals surface area contributed by atoms with Gasteiger partial charge in [0.2, 0.25) is 5.91 Å². The first-order chi connectivity index (χ1) is 9.35. The number of aromatic nitrogens is 1. The summed E-state index contributed by atoms with van der Waals surface area (Å²) in [5.41, 5.74) is 7.90. The van der Waals surface area contributed by atoms with Crippen LogP contribution < -0.4 is 11.1 Å². The first-order valence-corrected chi connectivity index (χ1v) is 7.02. The summed E-state index contributed by atoms with van der Waals surface area (Å²) in [6.07, 6.45) is 1.75. The molecule has 0 bridgehead atoms. The van der Waals surface area contributed by atoms with Crippen LogP contribution in [0.25, 0.3) is 0 Å². The Labute approximate surface area is 120 Å². The number of carbonyl (C=O) groups excluding carboxylic acids is 1. The number of nitriles is 1. The summed E-state index contributed by atoms with van der Waals surface area (Å²) in [5, 5.41) is 12.0. The Morgan fingerprint density at radius 2 is 2.10 bits per heavy atom. The highest BCUT2D eigenvalue weighted by molar-refractivity contribution is 5.76. The molecule has 1 rings (SSSR count). The van der Waals surface area contributed by atoms with Crippen LogP contribution in [0.5, 0.6) is 0 Å². The molecular weight excluding hydrogens is 252 g/mol. The van der Waals surface area contributed by atoms with Gasteiger partial charge in [0, 0.05) is 11.7 Å². The SMILES string of the molecule is CC(C)CCc1c(N)cc(C#N)n1CC(=O)NC(C)C. The van der Waals surface area contributed by atoms with Crippen LogP contribution in [0.15, 0.2) is 6.07 Å². The quantitative estimate of drug-likeness (QED) is 0.834. The summed E-state index contributed by atoms with van der Waals surface area (Å²) < 4.78 is 1.73. The van der Waals surface area contributed by atoms with Gasteiger partial charge in [-0.3, -0.25) is 4.79 Å². The predicted octanol–water partition coefficient (Wildman–Crippen LogP) is 2.06. The van der Waals surface area contributed by atoms with E-state index >= 15 is 0 Å². The van der Waals surface area contributed by atoms with E-state index in [9.17, 15) is 10.1 Å². The van der Waals surface area contributed by atoms with E-state index in [-0.39, 0.29) is 18.5 Å². The van der Waals surface area contributed by atoms with Crippen LogP contribution in [-0.2, 0) is 17.8 Å². The number of amides is 1. The minimum Gasteiger partial charge on any atom is -0.397 e. The van der Waals surface area contributed by atoms with E-state index < -0.39 is 0 Å². The molecule has 1 aromatic heterocycles. The number of nitrogens with one attached hydrogen (secondary N) is 1. The summed E-state index contributed by atoms with van der Waals surface area (Å²) in [6, 6.07) is 3.84. The smallest absolute Gasteiger partial charge is 0.240 e. The number of carbonyl (C=O) groups is 1. The maximum Gasteiger partial charge on any atom is 0.240 e. The molecule has 1 heterocycles. The first-order valence-electron chi connectivity index (χ1n) is 7.02. The van der Waals surface area contributed by atoms with Gasteiger partial charge in [-0.15, -0.1) is 0 Å². The normalized spacial score (nSPS) is 10.8. The van der Waals surface area contributed by atoms with Crippen LogP contribution in [-0.4, -0.2) is 16.5 Å². The van der Waals surface area contributed by atoms with Gasteiger partial charge in [0.05, 0.1) is 5.69 Å². The third-order valence-corrected chi connectivity index (χ3v) is 3.07. The second-order valence-corrected chi connectivity index (χ2v) is 5.78. The van der Waals surface area contributed by atoms with E-state index in [2.05, 4.69) is 25.2 Å². The van der Waals surface area contributed by atoms with Gasteiger partial charge in [0.15, 0.2) is 0 Å². The maximum absolute atomic E-state index is 11.9. The topological polar surface area (TPSA) is 83.8 Å². The van der Waals surface area contributed by atoms with Gasteiger partial charge < -0.3 is 15.6 Å². The van der Waals surface area contributed by atoms with Gasteiger partial charge >= 0.3 is 0 Å². The molecule has 0 unspecified atom stereocenters. The molecular formula is C15H24N4O. The molecule has 1 aromatic rings. The molecule has 0 aliphatic heterocycles. The highest BCUT2D eigenvalue weighted by atomic mass is 16.2. The zero-order valence-corrected chi connectivity index (χ0v) is 12.7. The van der Waals surface area contributed by atoms with Crippen molar-refractivity contribution in [3.8, 4) is 6.07 Å². The molecule has 1 amide bonds. The standard InChI is InChI=1S/C15H24N4O/c1-10(2)5-6-14-13(17)7-12(8-16)19(14)9-15(20)18-11(3)4/h7,10-11H,5-6,9,17H2,1-4H3,(H,18,20). The van der Waals surface area contributed by atoms with Crippen molar-refractivity contribution in [3.63, 3.8) is 0 Å². The second-order valence-electron chi connectivity index (χ2n) is 5.78. The molecule has 20 heavy (non-hydrogen) atoms. The van der Waals surface area contributed by atoms with E-state index in [0.29, 0.717) is 17.3 Å². The highest BCUT2D eigenvalue weighted by Gasteiger charge is 2.16. The highest BCUT2D eigenvalue weighted by Crippen LogP contribution is 2.21. The lowest BCUT2D eigenvalue weighted by Crippen LogP contribution is -2.33. The minimum absolute atomic E-state index is 0.0834. The third-order valence-electron chi connectivity index (χ3n) is 3.07. The zero-order valence-electron chi connectivity index (χ0n) is 12.7. The molecule has 110 valence electrons. The van der Waals surface area contributed by atoms with Crippen molar-refractivity contribution in [1.29, 1.82) is 5.26 Å². The van der Waals surface area contributed by atoms with Gasteiger partial charge in [-0.1, -0.05) is 13.8 Å². The van der Waals surface area contributed by atoms with Crippen molar-refractivity contribution in [3.05, 3.63) is 17.5 Å². The Bertz CT molecular complexity index is 509. The number of hydrogen-bond acceptors (Lipinski definition) is 3. The fourth-order valence-electron chi connectivity index (χ4n) is 2.10. The van der Waals surface area contributed by atoms with Gasteiger partial charge in [-0.25, -0.2) is 0 Å². The van der Waals surface area contributed by atoms with E-state index in [1.807, 2.05) is 13.8 Å². The van der Waals surface area contributed by atoms with Crippen molar-refractivity contribution in [2.75, 3.05) is 5.73 Å². The summed E-state index contributed by atoms with van der Waals surface area (Å²) in [6.45, 7) is 8.24. The largest absolute Gasteiger partial charge is 0.397 e. The third kappa shape index (κ3) is 4.30. The lowest BCUT2D eigenvalue weighted by Gasteiger charge is -2.14.